The molecular weight excluding hydrogens is 234 g/mol. The van der Waals surface area contributed by atoms with Gasteiger partial charge in [0.25, 0.3) is 0 Å². The first-order chi connectivity index (χ1) is 8.86. The molecule has 2 heterocycles. The van der Waals surface area contributed by atoms with Crippen molar-refractivity contribution in [1.29, 1.82) is 0 Å². The van der Waals surface area contributed by atoms with Gasteiger partial charge < -0.3 is 24.3 Å². The molecule has 0 radical (unpaired) electrons. The van der Waals surface area contributed by atoms with E-state index >= 15 is 0 Å². The molecule has 2 aliphatic heterocycles. The molecule has 0 amide bonds. The van der Waals surface area contributed by atoms with Gasteiger partial charge in [0.15, 0.2) is 11.5 Å². The molecule has 1 atom stereocenters. The lowest BCUT2D eigenvalue weighted by atomic mass is 10.1. The molecule has 2 aliphatic rings. The molecule has 0 spiro atoms. The van der Waals surface area contributed by atoms with Crippen LogP contribution in [0.25, 0.3) is 0 Å². The van der Waals surface area contributed by atoms with Crippen molar-refractivity contribution in [2.45, 2.75) is 19.0 Å². The highest BCUT2D eigenvalue weighted by Gasteiger charge is 2.21. The molecule has 0 aromatic heterocycles. The Balaban J connectivity index is 1.71. The first-order valence-electron chi connectivity index (χ1n) is 6.14. The van der Waals surface area contributed by atoms with Gasteiger partial charge in [-0.15, -0.1) is 0 Å². The monoisotopic (exact) mass is 251 g/mol. The smallest absolute Gasteiger partial charge is 0.231 e. The fourth-order valence-electron chi connectivity index (χ4n) is 2.24. The zero-order chi connectivity index (χ0) is 12.4. The topological polar surface area (TPSA) is 49.0 Å². The van der Waals surface area contributed by atoms with Crippen LogP contribution in [-0.2, 0) is 11.3 Å². The number of ether oxygens (including phenoxy) is 4. The highest BCUT2D eigenvalue weighted by molar-refractivity contribution is 5.55. The van der Waals surface area contributed by atoms with Gasteiger partial charge >= 0.3 is 0 Å². The maximum atomic E-state index is 5.40. The van der Waals surface area contributed by atoms with Gasteiger partial charge in [-0.25, -0.2) is 0 Å². The summed E-state index contributed by atoms with van der Waals surface area (Å²) in [7, 11) is 1.64. The van der Waals surface area contributed by atoms with Gasteiger partial charge in [0.1, 0.15) is 0 Å². The van der Waals surface area contributed by atoms with Crippen molar-refractivity contribution in [1.82, 2.24) is 5.32 Å². The van der Waals surface area contributed by atoms with Gasteiger partial charge in [0.05, 0.1) is 13.7 Å². The lowest BCUT2D eigenvalue weighted by Crippen LogP contribution is -2.28. The second-order valence-corrected chi connectivity index (χ2v) is 4.47. The molecule has 1 aromatic rings. The Hall–Kier alpha value is -1.46. The molecule has 1 N–H and O–H groups in total. The van der Waals surface area contributed by atoms with Crippen molar-refractivity contribution in [3.05, 3.63) is 17.7 Å². The number of benzene rings is 1. The average molecular weight is 251 g/mol. The Labute approximate surface area is 106 Å². The Kier molecular flexibility index (Phi) is 3.25. The van der Waals surface area contributed by atoms with Crippen molar-refractivity contribution in [3.63, 3.8) is 0 Å². The lowest BCUT2D eigenvalue weighted by Gasteiger charge is -2.12. The van der Waals surface area contributed by atoms with Crippen molar-refractivity contribution < 1.29 is 18.9 Å². The van der Waals surface area contributed by atoms with Crippen LogP contribution in [0.3, 0.4) is 0 Å². The second-order valence-electron chi connectivity index (χ2n) is 4.47. The zero-order valence-electron chi connectivity index (χ0n) is 10.4. The number of nitrogens with one attached hydrogen (secondary N) is 1. The number of rotatable bonds is 4. The Bertz CT molecular complexity index is 429. The minimum atomic E-state index is 0.263. The minimum Gasteiger partial charge on any atom is -0.493 e. The molecule has 5 heteroatoms. The van der Waals surface area contributed by atoms with E-state index < -0.39 is 0 Å². The Morgan fingerprint density at radius 1 is 1.39 bits per heavy atom. The van der Waals surface area contributed by atoms with E-state index in [1.54, 1.807) is 7.11 Å². The summed E-state index contributed by atoms with van der Waals surface area (Å²) in [6, 6.07) is 4.42. The maximum Gasteiger partial charge on any atom is 0.231 e. The van der Waals surface area contributed by atoms with Crippen LogP contribution in [0.5, 0.6) is 17.2 Å². The molecule has 0 bridgehead atoms. The fourth-order valence-corrected chi connectivity index (χ4v) is 2.24. The van der Waals surface area contributed by atoms with E-state index in [0.717, 1.165) is 43.2 Å². The fraction of sp³-hybridized carbons (Fsp3) is 0.538. The number of fused-ring (bicyclic) bond motifs is 1. The van der Waals surface area contributed by atoms with Crippen LogP contribution >= 0.6 is 0 Å². The normalized spacial score (nSPS) is 21.3. The molecule has 1 aromatic carbocycles. The quantitative estimate of drug-likeness (QED) is 0.874. The predicted octanol–water partition coefficient (Wildman–Crippen LogP) is 1.30. The molecule has 0 aliphatic carbocycles. The summed E-state index contributed by atoms with van der Waals surface area (Å²) < 4.78 is 21.4. The molecule has 1 fully saturated rings. The van der Waals surface area contributed by atoms with Gasteiger partial charge in [-0.05, 0) is 24.1 Å². The van der Waals surface area contributed by atoms with E-state index in [1.807, 2.05) is 12.1 Å². The Morgan fingerprint density at radius 3 is 3.11 bits per heavy atom. The second kappa shape index (κ2) is 5.04. The molecule has 5 nitrogen and oxygen atoms in total. The van der Waals surface area contributed by atoms with Crippen LogP contribution in [0.2, 0.25) is 0 Å². The molecule has 18 heavy (non-hydrogen) atoms. The van der Waals surface area contributed by atoms with Crippen LogP contribution in [0, 0.1) is 0 Å². The average Bonchev–Trinajstić information content (AvgIpc) is 3.06. The third kappa shape index (κ3) is 2.23. The summed E-state index contributed by atoms with van der Waals surface area (Å²) in [5.41, 5.74) is 1.13. The summed E-state index contributed by atoms with van der Waals surface area (Å²) in [5.74, 6) is 2.18. The molecule has 1 unspecified atom stereocenters. The maximum absolute atomic E-state index is 5.40. The predicted molar refractivity (Wildman–Crippen MR) is 65.2 cm³/mol. The number of hydrogen-bond acceptors (Lipinski definition) is 5. The van der Waals surface area contributed by atoms with Gasteiger partial charge in [0, 0.05) is 19.2 Å². The van der Waals surface area contributed by atoms with Crippen LogP contribution in [0.15, 0.2) is 12.1 Å². The van der Waals surface area contributed by atoms with Crippen molar-refractivity contribution >= 4 is 0 Å². The van der Waals surface area contributed by atoms with E-state index in [2.05, 4.69) is 5.32 Å². The van der Waals surface area contributed by atoms with E-state index in [4.69, 9.17) is 18.9 Å². The standard InChI is InChI=1S/C13H17NO4/c1-15-11-4-9(5-12-13(11)18-8-17-12)6-14-10-2-3-16-7-10/h4-5,10,14H,2-3,6-8H2,1H3. The van der Waals surface area contributed by atoms with Crippen LogP contribution in [0.1, 0.15) is 12.0 Å². The summed E-state index contributed by atoms with van der Waals surface area (Å²) in [6.45, 7) is 2.68. The van der Waals surface area contributed by atoms with Gasteiger partial charge in [-0.3, -0.25) is 0 Å². The first kappa shape index (κ1) is 11.6. The van der Waals surface area contributed by atoms with Gasteiger partial charge in [-0.1, -0.05) is 0 Å². The minimum absolute atomic E-state index is 0.263. The highest BCUT2D eigenvalue weighted by atomic mass is 16.7. The summed E-state index contributed by atoms with van der Waals surface area (Å²) in [6.07, 6.45) is 1.07. The van der Waals surface area contributed by atoms with Crippen molar-refractivity contribution in [2.75, 3.05) is 27.1 Å². The molecule has 3 rings (SSSR count). The summed E-state index contributed by atoms with van der Waals surface area (Å²) >= 11 is 0. The molecule has 1 saturated heterocycles. The summed E-state index contributed by atoms with van der Waals surface area (Å²) in [4.78, 5) is 0. The Morgan fingerprint density at radius 2 is 2.33 bits per heavy atom. The van der Waals surface area contributed by atoms with E-state index in [0.29, 0.717) is 11.8 Å². The molecule has 0 saturated carbocycles. The third-order valence-electron chi connectivity index (χ3n) is 3.24. The van der Waals surface area contributed by atoms with Gasteiger partial charge in [-0.2, -0.15) is 0 Å². The SMILES string of the molecule is COc1cc(CNC2CCOC2)cc2c1OCO2. The number of hydrogen-bond donors (Lipinski definition) is 1. The van der Waals surface area contributed by atoms with E-state index in [1.165, 1.54) is 0 Å². The van der Waals surface area contributed by atoms with Crippen LogP contribution in [0.4, 0.5) is 0 Å². The summed E-state index contributed by atoms with van der Waals surface area (Å²) in [5, 5.41) is 3.46. The molecule has 98 valence electrons. The van der Waals surface area contributed by atoms with Gasteiger partial charge in [0.2, 0.25) is 12.5 Å². The zero-order valence-corrected chi connectivity index (χ0v) is 10.4. The van der Waals surface area contributed by atoms with Crippen molar-refractivity contribution in [3.8, 4) is 17.2 Å². The number of methoxy groups -OCH3 is 1. The van der Waals surface area contributed by atoms with E-state index in [9.17, 15) is 0 Å². The molecular formula is C13H17NO4. The van der Waals surface area contributed by atoms with Crippen LogP contribution < -0.4 is 19.5 Å². The van der Waals surface area contributed by atoms with Crippen LogP contribution in [-0.4, -0.2) is 33.2 Å². The van der Waals surface area contributed by atoms with E-state index in [-0.39, 0.29) is 6.79 Å². The largest absolute Gasteiger partial charge is 0.493 e. The van der Waals surface area contributed by atoms with Crippen molar-refractivity contribution in [2.24, 2.45) is 0 Å². The third-order valence-corrected chi connectivity index (χ3v) is 3.24. The highest BCUT2D eigenvalue weighted by Crippen LogP contribution is 2.41. The lowest BCUT2D eigenvalue weighted by molar-refractivity contribution is 0.171. The first-order valence-corrected chi connectivity index (χ1v) is 6.14.